The van der Waals surface area contributed by atoms with Crippen LogP contribution < -0.4 is 5.32 Å². The first-order chi connectivity index (χ1) is 12.5. The highest BCUT2D eigenvalue weighted by molar-refractivity contribution is 5.81. The van der Waals surface area contributed by atoms with Crippen molar-refractivity contribution in [2.45, 2.75) is 37.8 Å². The first-order valence-corrected chi connectivity index (χ1v) is 8.47. The van der Waals surface area contributed by atoms with Gasteiger partial charge in [0, 0.05) is 30.4 Å². The average Bonchev–Trinajstić information content (AvgIpc) is 2.63. The van der Waals surface area contributed by atoms with Gasteiger partial charge >= 0.3 is 6.09 Å². The Morgan fingerprint density at radius 1 is 1.08 bits per heavy atom. The van der Waals surface area contributed by atoms with Crippen molar-refractivity contribution in [2.75, 3.05) is 0 Å². The van der Waals surface area contributed by atoms with Crippen molar-refractivity contribution in [2.24, 2.45) is 0 Å². The van der Waals surface area contributed by atoms with E-state index in [0.29, 0.717) is 6.42 Å². The highest BCUT2D eigenvalue weighted by atomic mass is 19.1. The van der Waals surface area contributed by atoms with Crippen LogP contribution in [0.5, 0.6) is 0 Å². The Balaban J connectivity index is 1.70. The van der Waals surface area contributed by atoms with Crippen LogP contribution in [0, 0.1) is 11.6 Å². The minimum atomic E-state index is -0.748. The van der Waals surface area contributed by atoms with Crippen LogP contribution in [0.2, 0.25) is 0 Å². The molecule has 0 aliphatic heterocycles. The molecule has 0 heterocycles. The fraction of sp³-hybridized carbons (Fsp3) is 0.300. The largest absolute Gasteiger partial charge is 0.445 e. The van der Waals surface area contributed by atoms with Crippen LogP contribution in [0.1, 0.15) is 36.3 Å². The Kier molecular flexibility index (Phi) is 5.61. The van der Waals surface area contributed by atoms with Crippen LogP contribution in [0.25, 0.3) is 0 Å². The normalized spacial score (nSPS) is 19.8. The molecule has 1 N–H and O–H groups in total. The highest BCUT2D eigenvalue weighted by Crippen LogP contribution is 2.34. The van der Waals surface area contributed by atoms with E-state index in [9.17, 15) is 18.4 Å². The first-order valence-electron chi connectivity index (χ1n) is 8.47. The fourth-order valence-corrected chi connectivity index (χ4v) is 3.26. The molecular formula is C20H19F2NO3. The number of carbonyl (C=O) groups is 2. The topological polar surface area (TPSA) is 55.4 Å². The number of hydrogen-bond donors (Lipinski definition) is 1. The van der Waals surface area contributed by atoms with Gasteiger partial charge < -0.3 is 10.1 Å². The van der Waals surface area contributed by atoms with Gasteiger partial charge in [-0.25, -0.2) is 13.6 Å². The average molecular weight is 359 g/mol. The summed E-state index contributed by atoms with van der Waals surface area (Å²) in [7, 11) is 0. The van der Waals surface area contributed by atoms with Gasteiger partial charge in [0.1, 0.15) is 24.0 Å². The third-order valence-corrected chi connectivity index (χ3v) is 4.55. The van der Waals surface area contributed by atoms with Crippen molar-refractivity contribution >= 4 is 11.9 Å². The van der Waals surface area contributed by atoms with E-state index in [1.807, 2.05) is 30.3 Å². The summed E-state index contributed by atoms with van der Waals surface area (Å²) in [6.45, 7) is 0.0943. The molecule has 1 fully saturated rings. The van der Waals surface area contributed by atoms with Crippen molar-refractivity contribution < 1.29 is 23.1 Å². The van der Waals surface area contributed by atoms with Gasteiger partial charge in [0.15, 0.2) is 0 Å². The van der Waals surface area contributed by atoms with E-state index in [1.165, 1.54) is 6.07 Å². The summed E-state index contributed by atoms with van der Waals surface area (Å²) in [6, 6.07) is 12.2. The first kappa shape index (κ1) is 18.0. The van der Waals surface area contributed by atoms with Crippen molar-refractivity contribution in [3.8, 4) is 0 Å². The predicted molar refractivity (Wildman–Crippen MR) is 91.5 cm³/mol. The molecule has 4 nitrogen and oxygen atoms in total. The van der Waals surface area contributed by atoms with E-state index < -0.39 is 29.7 Å². The Morgan fingerprint density at radius 3 is 2.46 bits per heavy atom. The Labute approximate surface area is 150 Å². The highest BCUT2D eigenvalue weighted by Gasteiger charge is 2.35. The number of amides is 1. The zero-order valence-electron chi connectivity index (χ0n) is 14.1. The van der Waals surface area contributed by atoms with Gasteiger partial charge in [0.2, 0.25) is 0 Å². The lowest BCUT2D eigenvalue weighted by atomic mass is 9.79. The maximum Gasteiger partial charge on any atom is 0.407 e. The molecule has 0 aromatic heterocycles. The number of nitrogens with one attached hydrogen (secondary N) is 1. The summed E-state index contributed by atoms with van der Waals surface area (Å²) < 4.78 is 33.5. The van der Waals surface area contributed by atoms with Crippen LogP contribution in [0.3, 0.4) is 0 Å². The molecule has 136 valence electrons. The molecule has 2 aromatic carbocycles. The Hall–Kier alpha value is -2.76. The molecule has 26 heavy (non-hydrogen) atoms. The summed E-state index contributed by atoms with van der Waals surface area (Å²) in [6.07, 6.45) is -0.106. The number of carbonyl (C=O) groups excluding carboxylic acids is 2. The molecule has 1 amide bonds. The molecule has 0 saturated heterocycles. The van der Waals surface area contributed by atoms with E-state index in [1.54, 1.807) is 0 Å². The van der Waals surface area contributed by atoms with Gasteiger partial charge in [-0.3, -0.25) is 4.79 Å². The number of ketones is 1. The van der Waals surface area contributed by atoms with Gasteiger partial charge in [0.05, 0.1) is 0 Å². The molecule has 2 aromatic rings. The van der Waals surface area contributed by atoms with Gasteiger partial charge in [0.25, 0.3) is 0 Å². The van der Waals surface area contributed by atoms with E-state index in [4.69, 9.17) is 4.74 Å². The van der Waals surface area contributed by atoms with Crippen molar-refractivity contribution in [3.63, 3.8) is 0 Å². The molecule has 1 saturated carbocycles. The van der Waals surface area contributed by atoms with Crippen LogP contribution in [0.15, 0.2) is 48.5 Å². The lowest BCUT2D eigenvalue weighted by Gasteiger charge is -2.31. The molecule has 0 radical (unpaired) electrons. The molecule has 0 bridgehead atoms. The molecule has 0 unspecified atom stereocenters. The number of alkyl carbamates (subject to hydrolysis) is 1. The maximum atomic E-state index is 14.1. The number of Topliss-reactive ketones (excluding diaryl/α,β-unsaturated/α-hetero) is 1. The minimum absolute atomic E-state index is 0.0124. The number of benzene rings is 2. The third kappa shape index (κ3) is 4.25. The number of ether oxygens (including phenoxy) is 1. The molecule has 3 rings (SSSR count). The fourth-order valence-electron chi connectivity index (χ4n) is 3.26. The van der Waals surface area contributed by atoms with Crippen molar-refractivity contribution in [1.29, 1.82) is 0 Å². The lowest BCUT2D eigenvalue weighted by Crippen LogP contribution is -2.43. The Morgan fingerprint density at radius 2 is 1.77 bits per heavy atom. The summed E-state index contributed by atoms with van der Waals surface area (Å²) in [5.41, 5.74) is 0.673. The SMILES string of the molecule is O=C1CC[C@@H](NC(=O)OCc2ccccc2)[C@H](c2c(F)cccc2F)C1. The second-order valence-electron chi connectivity index (χ2n) is 6.34. The summed E-state index contributed by atoms with van der Waals surface area (Å²) in [4.78, 5) is 23.9. The van der Waals surface area contributed by atoms with Crippen LogP contribution in [-0.4, -0.2) is 17.9 Å². The second kappa shape index (κ2) is 8.08. The Bertz CT molecular complexity index is 775. The number of hydrogen-bond acceptors (Lipinski definition) is 3. The standard InChI is InChI=1S/C20H19F2NO3/c21-16-7-4-8-17(22)19(16)15-11-14(24)9-10-18(15)23-20(25)26-12-13-5-2-1-3-6-13/h1-8,15,18H,9-12H2,(H,23,25)/t15-,18-/m1/s1. The van der Waals surface area contributed by atoms with Crippen LogP contribution in [-0.2, 0) is 16.1 Å². The van der Waals surface area contributed by atoms with Gasteiger partial charge in [-0.2, -0.15) is 0 Å². The van der Waals surface area contributed by atoms with Crippen molar-refractivity contribution in [1.82, 2.24) is 5.32 Å². The predicted octanol–water partition coefficient (Wildman–Crippen LogP) is 4.10. The number of rotatable bonds is 4. The summed E-state index contributed by atoms with van der Waals surface area (Å²) in [5.74, 6) is -2.25. The lowest BCUT2D eigenvalue weighted by molar-refractivity contribution is -0.121. The smallest absolute Gasteiger partial charge is 0.407 e. The molecule has 1 aliphatic rings. The monoisotopic (exact) mass is 359 g/mol. The zero-order chi connectivity index (χ0) is 18.5. The summed E-state index contributed by atoms with van der Waals surface area (Å²) >= 11 is 0. The molecule has 0 spiro atoms. The quantitative estimate of drug-likeness (QED) is 0.894. The van der Waals surface area contributed by atoms with E-state index >= 15 is 0 Å². The van der Waals surface area contributed by atoms with E-state index in [2.05, 4.69) is 5.32 Å². The maximum absolute atomic E-state index is 14.1. The third-order valence-electron chi connectivity index (χ3n) is 4.55. The zero-order valence-corrected chi connectivity index (χ0v) is 14.1. The molecule has 2 atom stereocenters. The molecular weight excluding hydrogens is 340 g/mol. The number of halogens is 2. The van der Waals surface area contributed by atoms with E-state index in [-0.39, 0.29) is 30.8 Å². The van der Waals surface area contributed by atoms with E-state index in [0.717, 1.165) is 17.7 Å². The van der Waals surface area contributed by atoms with Crippen LogP contribution in [0.4, 0.5) is 13.6 Å². The minimum Gasteiger partial charge on any atom is -0.445 e. The van der Waals surface area contributed by atoms with Crippen LogP contribution >= 0.6 is 0 Å². The van der Waals surface area contributed by atoms with Gasteiger partial charge in [-0.05, 0) is 24.1 Å². The van der Waals surface area contributed by atoms with Crippen molar-refractivity contribution in [3.05, 3.63) is 71.3 Å². The van der Waals surface area contributed by atoms with Gasteiger partial charge in [-0.1, -0.05) is 36.4 Å². The molecule has 6 heteroatoms. The molecule has 1 aliphatic carbocycles. The summed E-state index contributed by atoms with van der Waals surface area (Å²) in [5, 5.41) is 2.67. The van der Waals surface area contributed by atoms with Gasteiger partial charge in [-0.15, -0.1) is 0 Å². The second-order valence-corrected chi connectivity index (χ2v) is 6.34.